The van der Waals surface area contributed by atoms with Crippen LogP contribution >= 0.6 is 15.9 Å². The average molecular weight is 520 g/mol. The van der Waals surface area contributed by atoms with Crippen LogP contribution in [0.25, 0.3) is 11.0 Å². The number of para-hydroxylation sites is 3. The van der Waals surface area contributed by atoms with E-state index in [-0.39, 0.29) is 5.91 Å². The van der Waals surface area contributed by atoms with Crippen LogP contribution in [-0.2, 0) is 13.0 Å². The van der Waals surface area contributed by atoms with E-state index in [1.165, 1.54) is 11.1 Å². The van der Waals surface area contributed by atoms with Crippen LogP contribution in [0.5, 0.6) is 5.75 Å². The van der Waals surface area contributed by atoms with Crippen LogP contribution in [0.4, 0.5) is 0 Å². The number of rotatable bonds is 10. The molecule has 1 aromatic heterocycles. The molecule has 0 spiro atoms. The fourth-order valence-electron chi connectivity index (χ4n) is 4.16. The lowest BCUT2D eigenvalue weighted by Gasteiger charge is -2.13. The fraction of sp³-hybridized carbons (Fsp3) is 0.286. The van der Waals surface area contributed by atoms with E-state index >= 15 is 0 Å². The number of unbranched alkanes of at least 4 members (excludes halogenated alkanes) is 1. The monoisotopic (exact) mass is 519 g/mol. The number of aromatic nitrogens is 2. The highest BCUT2D eigenvalue weighted by molar-refractivity contribution is 9.10. The maximum atomic E-state index is 12.5. The van der Waals surface area contributed by atoms with Crippen LogP contribution in [0.3, 0.4) is 0 Å². The molecule has 0 aliphatic heterocycles. The normalized spacial score (nSPS) is 11.0. The predicted molar refractivity (Wildman–Crippen MR) is 141 cm³/mol. The Kier molecular flexibility index (Phi) is 8.01. The zero-order valence-corrected chi connectivity index (χ0v) is 21.3. The third-order valence-electron chi connectivity index (χ3n) is 5.89. The van der Waals surface area contributed by atoms with Crippen molar-refractivity contribution in [1.82, 2.24) is 14.9 Å². The van der Waals surface area contributed by atoms with Crippen LogP contribution in [0.1, 0.15) is 40.2 Å². The second-order valence-electron chi connectivity index (χ2n) is 8.46. The molecule has 1 N–H and O–H groups in total. The van der Waals surface area contributed by atoms with Crippen molar-refractivity contribution < 1.29 is 9.53 Å². The van der Waals surface area contributed by atoms with Crippen LogP contribution in [0.2, 0.25) is 0 Å². The van der Waals surface area contributed by atoms with Crippen molar-refractivity contribution in [2.45, 2.75) is 39.7 Å². The van der Waals surface area contributed by atoms with Gasteiger partial charge in [0.1, 0.15) is 11.6 Å². The van der Waals surface area contributed by atoms with Crippen LogP contribution in [-0.4, -0.2) is 28.6 Å². The quantitative estimate of drug-likeness (QED) is 0.252. The highest BCUT2D eigenvalue weighted by atomic mass is 79.9. The minimum atomic E-state index is -0.0763. The predicted octanol–water partition coefficient (Wildman–Crippen LogP) is 6.25. The highest BCUT2D eigenvalue weighted by Crippen LogP contribution is 2.23. The van der Waals surface area contributed by atoms with Crippen molar-refractivity contribution in [2.24, 2.45) is 0 Å². The van der Waals surface area contributed by atoms with Gasteiger partial charge in [0, 0.05) is 29.5 Å². The van der Waals surface area contributed by atoms with Crippen molar-refractivity contribution in [3.63, 3.8) is 0 Å². The second kappa shape index (κ2) is 11.3. The van der Waals surface area contributed by atoms with E-state index in [9.17, 15) is 4.79 Å². The number of benzene rings is 3. The van der Waals surface area contributed by atoms with Gasteiger partial charge in [-0.3, -0.25) is 4.79 Å². The summed E-state index contributed by atoms with van der Waals surface area (Å²) in [6.07, 6.45) is 2.62. The molecular weight excluding hydrogens is 490 g/mol. The molecule has 0 unspecified atom stereocenters. The summed E-state index contributed by atoms with van der Waals surface area (Å²) < 4.78 is 9.24. The third-order valence-corrected chi connectivity index (χ3v) is 6.38. The Morgan fingerprint density at radius 3 is 2.56 bits per heavy atom. The first-order valence-electron chi connectivity index (χ1n) is 11.7. The Morgan fingerprint density at radius 2 is 1.76 bits per heavy atom. The van der Waals surface area contributed by atoms with Gasteiger partial charge in [0.2, 0.25) is 0 Å². The smallest absolute Gasteiger partial charge is 0.251 e. The van der Waals surface area contributed by atoms with Gasteiger partial charge in [-0.1, -0.05) is 52.3 Å². The van der Waals surface area contributed by atoms with E-state index in [1.807, 2.05) is 42.5 Å². The summed E-state index contributed by atoms with van der Waals surface area (Å²) >= 11 is 3.42. The Hall–Kier alpha value is -3.12. The summed E-state index contributed by atoms with van der Waals surface area (Å²) in [4.78, 5) is 17.3. The number of hydrogen-bond acceptors (Lipinski definition) is 3. The zero-order valence-electron chi connectivity index (χ0n) is 19.7. The van der Waals surface area contributed by atoms with E-state index in [4.69, 9.17) is 9.72 Å². The fourth-order valence-corrected chi connectivity index (χ4v) is 4.56. The summed E-state index contributed by atoms with van der Waals surface area (Å²) in [5.74, 6) is 1.91. The molecule has 0 saturated carbocycles. The summed E-state index contributed by atoms with van der Waals surface area (Å²) in [5.41, 5.74) is 5.11. The van der Waals surface area contributed by atoms with Gasteiger partial charge in [-0.15, -0.1) is 0 Å². The number of halogens is 1. The maximum absolute atomic E-state index is 12.5. The Balaban J connectivity index is 1.35. The molecule has 176 valence electrons. The molecular formula is C28H30BrN3O2. The first-order valence-corrected chi connectivity index (χ1v) is 12.5. The van der Waals surface area contributed by atoms with Gasteiger partial charge in [-0.25, -0.2) is 4.98 Å². The largest absolute Gasteiger partial charge is 0.493 e. The van der Waals surface area contributed by atoms with Crippen LogP contribution in [0.15, 0.2) is 71.2 Å². The van der Waals surface area contributed by atoms with Crippen molar-refractivity contribution >= 4 is 32.9 Å². The van der Waals surface area contributed by atoms with Gasteiger partial charge in [0.15, 0.2) is 0 Å². The number of ether oxygens (including phenoxy) is 1. The number of carbonyl (C=O) groups excluding carboxylic acids is 1. The van der Waals surface area contributed by atoms with Crippen molar-refractivity contribution in [3.05, 3.63) is 93.7 Å². The van der Waals surface area contributed by atoms with Gasteiger partial charge in [0.25, 0.3) is 5.91 Å². The SMILES string of the molecule is Cc1cccc(C)c1OCCCCn1c(CCNC(=O)c2cccc(Br)c2)nc2ccccc21. The lowest BCUT2D eigenvalue weighted by molar-refractivity contribution is 0.0954. The Morgan fingerprint density at radius 1 is 1.00 bits per heavy atom. The average Bonchev–Trinajstić information content (AvgIpc) is 3.18. The van der Waals surface area contributed by atoms with Gasteiger partial charge in [-0.05, 0) is 68.1 Å². The van der Waals surface area contributed by atoms with Gasteiger partial charge >= 0.3 is 0 Å². The number of nitrogens with one attached hydrogen (secondary N) is 1. The van der Waals surface area contributed by atoms with Crippen molar-refractivity contribution in [3.8, 4) is 5.75 Å². The molecule has 5 nitrogen and oxygen atoms in total. The summed E-state index contributed by atoms with van der Waals surface area (Å²) in [6.45, 7) is 6.26. The van der Waals surface area contributed by atoms with Gasteiger partial charge < -0.3 is 14.6 Å². The molecule has 0 aliphatic carbocycles. The minimum absolute atomic E-state index is 0.0763. The van der Waals surface area contributed by atoms with E-state index in [1.54, 1.807) is 0 Å². The number of hydrogen-bond donors (Lipinski definition) is 1. The molecule has 4 rings (SSSR count). The Labute approximate surface area is 209 Å². The highest BCUT2D eigenvalue weighted by Gasteiger charge is 2.12. The van der Waals surface area contributed by atoms with E-state index in [2.05, 4.69) is 63.9 Å². The number of imidazole rings is 1. The molecule has 0 saturated heterocycles. The van der Waals surface area contributed by atoms with Crippen LogP contribution < -0.4 is 10.1 Å². The van der Waals surface area contributed by atoms with E-state index in [0.717, 1.165) is 46.5 Å². The lowest BCUT2D eigenvalue weighted by atomic mass is 10.1. The molecule has 1 heterocycles. The molecule has 4 aromatic rings. The number of aryl methyl sites for hydroxylation is 3. The molecule has 0 fully saturated rings. The first-order chi connectivity index (χ1) is 16.5. The topological polar surface area (TPSA) is 56.1 Å². The number of amides is 1. The third kappa shape index (κ3) is 5.86. The molecule has 6 heteroatoms. The van der Waals surface area contributed by atoms with E-state index in [0.29, 0.717) is 25.1 Å². The molecule has 3 aromatic carbocycles. The lowest BCUT2D eigenvalue weighted by Crippen LogP contribution is -2.26. The number of nitrogens with zero attached hydrogens (tertiary/aromatic N) is 2. The van der Waals surface area contributed by atoms with Crippen molar-refractivity contribution in [2.75, 3.05) is 13.2 Å². The maximum Gasteiger partial charge on any atom is 0.251 e. The van der Waals surface area contributed by atoms with Crippen LogP contribution in [0, 0.1) is 13.8 Å². The summed E-state index contributed by atoms with van der Waals surface area (Å²) in [5, 5.41) is 3.02. The minimum Gasteiger partial charge on any atom is -0.493 e. The first kappa shape index (κ1) is 24.0. The van der Waals surface area contributed by atoms with E-state index < -0.39 is 0 Å². The zero-order chi connectivity index (χ0) is 23.9. The number of carbonyl (C=O) groups is 1. The summed E-state index contributed by atoms with van der Waals surface area (Å²) in [7, 11) is 0. The standard InChI is InChI=1S/C28H30BrN3O2/c1-20-9-7-10-21(2)27(20)34-18-6-5-17-32-25-14-4-3-13-24(25)31-26(32)15-16-30-28(33)22-11-8-12-23(29)19-22/h3-4,7-14,19H,5-6,15-18H2,1-2H3,(H,30,33). The Bertz CT molecular complexity index is 1260. The molecule has 0 atom stereocenters. The molecule has 0 radical (unpaired) electrons. The second-order valence-corrected chi connectivity index (χ2v) is 9.38. The molecule has 34 heavy (non-hydrogen) atoms. The molecule has 1 amide bonds. The molecule has 0 aliphatic rings. The van der Waals surface area contributed by atoms with Gasteiger partial charge in [0.05, 0.1) is 17.6 Å². The van der Waals surface area contributed by atoms with Gasteiger partial charge in [-0.2, -0.15) is 0 Å². The summed E-state index contributed by atoms with van der Waals surface area (Å²) in [6, 6.07) is 21.8. The number of fused-ring (bicyclic) bond motifs is 1. The van der Waals surface area contributed by atoms with Crippen molar-refractivity contribution in [1.29, 1.82) is 0 Å². The molecule has 0 bridgehead atoms.